The van der Waals surface area contributed by atoms with Crippen LogP contribution in [0.4, 0.5) is 0 Å². The molecule has 2 rings (SSSR count). The lowest BCUT2D eigenvalue weighted by Crippen LogP contribution is -2.25. The summed E-state index contributed by atoms with van der Waals surface area (Å²) in [6.45, 7) is 3.45. The van der Waals surface area contributed by atoms with E-state index in [-0.39, 0.29) is 0 Å². The monoisotopic (exact) mass is 256 g/mol. The van der Waals surface area contributed by atoms with Gasteiger partial charge in [0.25, 0.3) is 0 Å². The van der Waals surface area contributed by atoms with Gasteiger partial charge in [-0.25, -0.2) is 0 Å². The molecule has 1 heterocycles. The molecule has 14 heavy (non-hydrogen) atoms. The van der Waals surface area contributed by atoms with E-state index in [1.807, 2.05) is 24.3 Å². The van der Waals surface area contributed by atoms with Crippen molar-refractivity contribution in [1.82, 2.24) is 0 Å². The maximum atomic E-state index is 5.68. The summed E-state index contributed by atoms with van der Waals surface area (Å²) in [7, 11) is 0. The molecule has 0 unspecified atom stereocenters. The van der Waals surface area contributed by atoms with E-state index in [9.17, 15) is 0 Å². The standard InChI is InChI=1S/C11H13BrO2/c1-2-11(13-7-8-14-11)9-3-5-10(12)6-4-9/h3-6H,2,7-8H2,1H3. The molecule has 3 heteroatoms. The molecule has 1 saturated heterocycles. The maximum Gasteiger partial charge on any atom is 0.194 e. The van der Waals surface area contributed by atoms with Gasteiger partial charge in [-0.15, -0.1) is 0 Å². The quantitative estimate of drug-likeness (QED) is 0.810. The highest BCUT2D eigenvalue weighted by molar-refractivity contribution is 9.10. The molecule has 0 bridgehead atoms. The van der Waals surface area contributed by atoms with Crippen LogP contribution >= 0.6 is 15.9 Å². The molecule has 0 aromatic heterocycles. The van der Waals surface area contributed by atoms with E-state index in [1.165, 1.54) is 0 Å². The average molecular weight is 257 g/mol. The third-order valence-electron chi connectivity index (χ3n) is 2.50. The Labute approximate surface area is 92.3 Å². The molecule has 0 saturated carbocycles. The molecule has 1 aliphatic heterocycles. The van der Waals surface area contributed by atoms with Crippen LogP contribution in [0.3, 0.4) is 0 Å². The number of rotatable bonds is 2. The predicted molar refractivity (Wildman–Crippen MR) is 58.0 cm³/mol. The zero-order valence-corrected chi connectivity index (χ0v) is 9.71. The smallest absolute Gasteiger partial charge is 0.194 e. The van der Waals surface area contributed by atoms with E-state index < -0.39 is 5.79 Å². The summed E-state index contributed by atoms with van der Waals surface area (Å²) in [5, 5.41) is 0. The van der Waals surface area contributed by atoms with E-state index in [1.54, 1.807) is 0 Å². The Morgan fingerprint density at radius 2 is 1.79 bits per heavy atom. The molecule has 76 valence electrons. The van der Waals surface area contributed by atoms with Crippen molar-refractivity contribution in [3.05, 3.63) is 34.3 Å². The highest BCUT2D eigenvalue weighted by Crippen LogP contribution is 2.34. The van der Waals surface area contributed by atoms with Gasteiger partial charge in [0.2, 0.25) is 0 Å². The lowest BCUT2D eigenvalue weighted by Gasteiger charge is -2.26. The molecule has 1 aromatic rings. The highest BCUT2D eigenvalue weighted by atomic mass is 79.9. The Morgan fingerprint density at radius 1 is 1.21 bits per heavy atom. The zero-order chi connectivity index (χ0) is 10.0. The summed E-state index contributed by atoms with van der Waals surface area (Å²) < 4.78 is 12.4. The van der Waals surface area contributed by atoms with E-state index in [0.29, 0.717) is 13.2 Å². The number of halogens is 1. The summed E-state index contributed by atoms with van der Waals surface area (Å²) in [6, 6.07) is 8.10. The fourth-order valence-electron chi connectivity index (χ4n) is 1.73. The first-order valence-electron chi connectivity index (χ1n) is 4.81. The van der Waals surface area contributed by atoms with E-state index >= 15 is 0 Å². The number of benzene rings is 1. The first-order chi connectivity index (χ1) is 6.77. The SMILES string of the molecule is CCC1(c2ccc(Br)cc2)OCCO1. The van der Waals surface area contributed by atoms with Crippen molar-refractivity contribution < 1.29 is 9.47 Å². The first-order valence-corrected chi connectivity index (χ1v) is 5.60. The molecule has 1 fully saturated rings. The summed E-state index contributed by atoms with van der Waals surface area (Å²) >= 11 is 3.41. The van der Waals surface area contributed by atoms with E-state index in [4.69, 9.17) is 9.47 Å². The minimum absolute atomic E-state index is 0.499. The van der Waals surface area contributed by atoms with Crippen LogP contribution in [0.5, 0.6) is 0 Å². The molecule has 1 aliphatic rings. The van der Waals surface area contributed by atoms with Gasteiger partial charge in [0.1, 0.15) is 0 Å². The Morgan fingerprint density at radius 3 is 2.29 bits per heavy atom. The minimum atomic E-state index is -0.499. The highest BCUT2D eigenvalue weighted by Gasteiger charge is 2.36. The second-order valence-corrected chi connectivity index (χ2v) is 4.23. The first kappa shape index (κ1) is 10.1. The van der Waals surface area contributed by atoms with Crippen LogP contribution in [0.15, 0.2) is 28.7 Å². The van der Waals surface area contributed by atoms with Crippen LogP contribution in [0.1, 0.15) is 18.9 Å². The van der Waals surface area contributed by atoms with Gasteiger partial charge in [0.15, 0.2) is 5.79 Å². The van der Waals surface area contributed by atoms with Gasteiger partial charge in [0.05, 0.1) is 13.2 Å². The predicted octanol–water partition coefficient (Wildman–Crippen LogP) is 3.06. The molecule has 0 atom stereocenters. The van der Waals surface area contributed by atoms with Gasteiger partial charge in [-0.3, -0.25) is 0 Å². The molecular formula is C11H13BrO2. The summed E-state index contributed by atoms with van der Waals surface area (Å²) in [4.78, 5) is 0. The van der Waals surface area contributed by atoms with Crippen molar-refractivity contribution in [3.8, 4) is 0 Å². The number of ether oxygens (including phenoxy) is 2. The van der Waals surface area contributed by atoms with Crippen molar-refractivity contribution in [1.29, 1.82) is 0 Å². The third-order valence-corrected chi connectivity index (χ3v) is 3.03. The molecular weight excluding hydrogens is 244 g/mol. The maximum absolute atomic E-state index is 5.68. The van der Waals surface area contributed by atoms with Crippen molar-refractivity contribution in [2.24, 2.45) is 0 Å². The Bertz CT molecular complexity index is 302. The van der Waals surface area contributed by atoms with Crippen molar-refractivity contribution in [2.45, 2.75) is 19.1 Å². The van der Waals surface area contributed by atoms with Gasteiger partial charge in [-0.2, -0.15) is 0 Å². The third kappa shape index (κ3) is 1.72. The number of hydrogen-bond donors (Lipinski definition) is 0. The second-order valence-electron chi connectivity index (χ2n) is 3.31. The van der Waals surface area contributed by atoms with Crippen molar-refractivity contribution in [2.75, 3.05) is 13.2 Å². The summed E-state index contributed by atoms with van der Waals surface area (Å²) in [5.74, 6) is -0.499. The fourth-order valence-corrected chi connectivity index (χ4v) is 2.00. The van der Waals surface area contributed by atoms with Gasteiger partial charge < -0.3 is 9.47 Å². The number of hydrogen-bond acceptors (Lipinski definition) is 2. The molecule has 1 aromatic carbocycles. The van der Waals surface area contributed by atoms with E-state index in [2.05, 4.69) is 22.9 Å². The van der Waals surface area contributed by atoms with Crippen LogP contribution in [-0.2, 0) is 15.3 Å². The zero-order valence-electron chi connectivity index (χ0n) is 8.13. The average Bonchev–Trinajstić information content (AvgIpc) is 2.68. The van der Waals surface area contributed by atoms with Crippen LogP contribution in [0.2, 0.25) is 0 Å². The van der Waals surface area contributed by atoms with Crippen LogP contribution in [-0.4, -0.2) is 13.2 Å². The topological polar surface area (TPSA) is 18.5 Å². The van der Waals surface area contributed by atoms with Crippen molar-refractivity contribution in [3.63, 3.8) is 0 Å². The fraction of sp³-hybridized carbons (Fsp3) is 0.455. The minimum Gasteiger partial charge on any atom is -0.343 e. The second kappa shape index (κ2) is 4.01. The van der Waals surface area contributed by atoms with E-state index in [0.717, 1.165) is 16.5 Å². The lowest BCUT2D eigenvalue weighted by molar-refractivity contribution is -0.167. The molecule has 2 nitrogen and oxygen atoms in total. The largest absolute Gasteiger partial charge is 0.343 e. The van der Waals surface area contributed by atoms with Gasteiger partial charge in [0, 0.05) is 16.5 Å². The Balaban J connectivity index is 2.31. The molecule has 0 spiro atoms. The van der Waals surface area contributed by atoms with Gasteiger partial charge in [-0.05, 0) is 12.1 Å². The van der Waals surface area contributed by atoms with Crippen LogP contribution < -0.4 is 0 Å². The molecule has 0 N–H and O–H groups in total. The summed E-state index contributed by atoms with van der Waals surface area (Å²) in [5.41, 5.74) is 1.10. The Hall–Kier alpha value is -0.380. The normalized spacial score (nSPS) is 19.9. The molecule has 0 aliphatic carbocycles. The van der Waals surface area contributed by atoms with Crippen molar-refractivity contribution >= 4 is 15.9 Å². The lowest BCUT2D eigenvalue weighted by atomic mass is 10.0. The van der Waals surface area contributed by atoms with Gasteiger partial charge in [-0.1, -0.05) is 35.0 Å². The summed E-state index contributed by atoms with van der Waals surface area (Å²) in [6.07, 6.45) is 0.842. The van der Waals surface area contributed by atoms with Crippen LogP contribution in [0.25, 0.3) is 0 Å². The Kier molecular flexibility index (Phi) is 2.91. The van der Waals surface area contributed by atoms with Gasteiger partial charge >= 0.3 is 0 Å². The molecule has 0 radical (unpaired) electrons. The van der Waals surface area contributed by atoms with Crippen LogP contribution in [0, 0.1) is 0 Å². The molecule has 0 amide bonds.